The van der Waals surface area contributed by atoms with E-state index in [-0.39, 0.29) is 11.3 Å². The van der Waals surface area contributed by atoms with Crippen molar-refractivity contribution >= 4 is 28.7 Å². The third kappa shape index (κ3) is 3.59. The van der Waals surface area contributed by atoms with Crippen LogP contribution in [0.25, 0.3) is 22.3 Å². The highest BCUT2D eigenvalue weighted by Gasteiger charge is 2.15. The molecule has 0 unspecified atom stereocenters. The fourth-order valence-electron chi connectivity index (χ4n) is 3.26. The molecule has 8 heteroatoms. The predicted molar refractivity (Wildman–Crippen MR) is 114 cm³/mol. The number of fused-ring (bicyclic) bond motifs is 1. The molecule has 0 aliphatic rings. The van der Waals surface area contributed by atoms with Gasteiger partial charge in [-0.25, -0.2) is 9.78 Å². The van der Waals surface area contributed by atoms with Gasteiger partial charge in [-0.1, -0.05) is 18.2 Å². The highest BCUT2D eigenvalue weighted by atomic mass is 35.5. The minimum Gasteiger partial charge on any atom is -0.465 e. The molecular formula is C22H19ClN4O3. The molecule has 2 heterocycles. The second-order valence-electron chi connectivity index (χ2n) is 6.93. The Morgan fingerprint density at radius 1 is 1.03 bits per heavy atom. The molecule has 0 saturated carbocycles. The standard InChI is InChI=1S/C22H19ClN4O3/c1-12-9-14(5-7-16(12)21(28)29-4)15-6-8-17(13(2)10-15)30-20-18-19(25-22(23)26-20)27(3)11-24-18/h5-11H,1-4H3. The third-order valence-electron chi connectivity index (χ3n) is 4.85. The van der Waals surface area contributed by atoms with Gasteiger partial charge in [0, 0.05) is 7.05 Å². The van der Waals surface area contributed by atoms with Gasteiger partial charge < -0.3 is 14.0 Å². The van der Waals surface area contributed by atoms with Crippen LogP contribution in [-0.4, -0.2) is 32.6 Å². The van der Waals surface area contributed by atoms with Crippen LogP contribution in [0.1, 0.15) is 21.5 Å². The van der Waals surface area contributed by atoms with E-state index in [1.165, 1.54) is 7.11 Å². The average Bonchev–Trinajstić information content (AvgIpc) is 3.09. The number of rotatable bonds is 4. The average molecular weight is 423 g/mol. The van der Waals surface area contributed by atoms with Gasteiger partial charge in [0.2, 0.25) is 5.28 Å². The van der Waals surface area contributed by atoms with E-state index >= 15 is 0 Å². The molecule has 0 N–H and O–H groups in total. The van der Waals surface area contributed by atoms with Crippen LogP contribution in [0.15, 0.2) is 42.7 Å². The quantitative estimate of drug-likeness (QED) is 0.344. The highest BCUT2D eigenvalue weighted by molar-refractivity contribution is 6.28. The van der Waals surface area contributed by atoms with Crippen molar-refractivity contribution in [2.24, 2.45) is 7.05 Å². The number of methoxy groups -OCH3 is 1. The molecular weight excluding hydrogens is 404 g/mol. The van der Waals surface area contributed by atoms with Gasteiger partial charge in [-0.05, 0) is 65.9 Å². The molecule has 0 atom stereocenters. The molecule has 4 aromatic rings. The van der Waals surface area contributed by atoms with E-state index in [2.05, 4.69) is 15.0 Å². The zero-order valence-corrected chi connectivity index (χ0v) is 17.7. The summed E-state index contributed by atoms with van der Waals surface area (Å²) < 4.78 is 12.6. The van der Waals surface area contributed by atoms with Crippen LogP contribution in [0.2, 0.25) is 5.28 Å². The van der Waals surface area contributed by atoms with E-state index in [1.54, 1.807) is 17.0 Å². The Bertz CT molecular complexity index is 1280. The van der Waals surface area contributed by atoms with Gasteiger partial charge in [0.05, 0.1) is 19.0 Å². The Morgan fingerprint density at radius 3 is 2.40 bits per heavy atom. The fourth-order valence-corrected chi connectivity index (χ4v) is 3.41. The number of halogens is 1. The van der Waals surface area contributed by atoms with Crippen molar-refractivity contribution in [3.05, 3.63) is 64.7 Å². The maximum Gasteiger partial charge on any atom is 0.338 e. The van der Waals surface area contributed by atoms with Gasteiger partial charge in [0.25, 0.3) is 5.88 Å². The van der Waals surface area contributed by atoms with Crippen LogP contribution >= 0.6 is 11.6 Å². The van der Waals surface area contributed by atoms with Crippen LogP contribution in [0.4, 0.5) is 0 Å². The first-order valence-corrected chi connectivity index (χ1v) is 9.57. The Labute approximate surface area is 178 Å². The number of imidazole rings is 1. The molecule has 152 valence electrons. The summed E-state index contributed by atoms with van der Waals surface area (Å²) in [4.78, 5) is 24.5. The first kappa shape index (κ1) is 19.8. The Morgan fingerprint density at radius 2 is 1.73 bits per heavy atom. The van der Waals surface area contributed by atoms with Gasteiger partial charge in [-0.2, -0.15) is 9.97 Å². The lowest BCUT2D eigenvalue weighted by Crippen LogP contribution is -2.03. The molecule has 30 heavy (non-hydrogen) atoms. The SMILES string of the molecule is COC(=O)c1ccc(-c2ccc(Oc3nc(Cl)nc4c3ncn4C)c(C)c2)cc1C. The molecule has 0 spiro atoms. The summed E-state index contributed by atoms with van der Waals surface area (Å²) in [5, 5.41) is 0.0940. The molecule has 0 aliphatic heterocycles. The van der Waals surface area contributed by atoms with Gasteiger partial charge in [-0.3, -0.25) is 0 Å². The fraction of sp³-hybridized carbons (Fsp3) is 0.182. The van der Waals surface area contributed by atoms with Crippen molar-refractivity contribution in [1.29, 1.82) is 0 Å². The Balaban J connectivity index is 1.66. The minimum atomic E-state index is -0.344. The normalized spacial score (nSPS) is 11.0. The first-order chi connectivity index (χ1) is 14.4. The van der Waals surface area contributed by atoms with Crippen molar-refractivity contribution in [2.45, 2.75) is 13.8 Å². The van der Waals surface area contributed by atoms with E-state index < -0.39 is 0 Å². The molecule has 0 bridgehead atoms. The van der Waals surface area contributed by atoms with E-state index in [0.717, 1.165) is 22.3 Å². The van der Waals surface area contributed by atoms with Crippen molar-refractivity contribution < 1.29 is 14.3 Å². The van der Waals surface area contributed by atoms with Crippen LogP contribution in [-0.2, 0) is 11.8 Å². The summed E-state index contributed by atoms with van der Waals surface area (Å²) in [7, 11) is 3.21. The van der Waals surface area contributed by atoms with Crippen LogP contribution < -0.4 is 4.74 Å². The first-order valence-electron chi connectivity index (χ1n) is 9.20. The number of nitrogens with zero attached hydrogens (tertiary/aromatic N) is 4. The summed E-state index contributed by atoms with van der Waals surface area (Å²) in [5.41, 5.74) is 5.46. The molecule has 0 fully saturated rings. The lowest BCUT2D eigenvalue weighted by atomic mass is 9.98. The number of hydrogen-bond donors (Lipinski definition) is 0. The van der Waals surface area contributed by atoms with Crippen molar-refractivity contribution in [2.75, 3.05) is 7.11 Å². The van der Waals surface area contributed by atoms with Gasteiger partial charge in [0.15, 0.2) is 11.2 Å². The smallest absolute Gasteiger partial charge is 0.338 e. The van der Waals surface area contributed by atoms with Crippen molar-refractivity contribution in [3.8, 4) is 22.8 Å². The van der Waals surface area contributed by atoms with Crippen LogP contribution in [0.5, 0.6) is 11.6 Å². The van der Waals surface area contributed by atoms with Gasteiger partial charge >= 0.3 is 5.97 Å². The molecule has 4 rings (SSSR count). The van der Waals surface area contributed by atoms with Crippen molar-refractivity contribution in [3.63, 3.8) is 0 Å². The Hall–Kier alpha value is -3.45. The molecule has 0 aliphatic carbocycles. The number of carbonyl (C=O) groups is 1. The second-order valence-corrected chi connectivity index (χ2v) is 7.27. The number of aromatic nitrogens is 4. The van der Waals surface area contributed by atoms with Gasteiger partial charge in [0.1, 0.15) is 5.75 Å². The number of hydrogen-bond acceptors (Lipinski definition) is 6. The monoisotopic (exact) mass is 422 g/mol. The number of aryl methyl sites for hydroxylation is 3. The molecule has 2 aromatic heterocycles. The second kappa shape index (κ2) is 7.76. The van der Waals surface area contributed by atoms with E-state index in [9.17, 15) is 4.79 Å². The summed E-state index contributed by atoms with van der Waals surface area (Å²) in [6, 6.07) is 11.5. The molecule has 7 nitrogen and oxygen atoms in total. The molecule has 0 amide bonds. The maximum absolute atomic E-state index is 11.8. The minimum absolute atomic E-state index is 0.0940. The number of carbonyl (C=O) groups excluding carboxylic acids is 1. The lowest BCUT2D eigenvalue weighted by Gasteiger charge is -2.12. The summed E-state index contributed by atoms with van der Waals surface area (Å²) >= 11 is 6.05. The topological polar surface area (TPSA) is 79.1 Å². The number of ether oxygens (including phenoxy) is 2. The summed E-state index contributed by atoms with van der Waals surface area (Å²) in [6.45, 7) is 3.84. The summed E-state index contributed by atoms with van der Waals surface area (Å²) in [6.07, 6.45) is 1.64. The highest BCUT2D eigenvalue weighted by Crippen LogP contribution is 2.32. The van der Waals surface area contributed by atoms with E-state index in [1.807, 2.05) is 51.2 Å². The maximum atomic E-state index is 11.8. The zero-order chi connectivity index (χ0) is 21.4. The van der Waals surface area contributed by atoms with Crippen LogP contribution in [0.3, 0.4) is 0 Å². The molecule has 0 saturated heterocycles. The number of esters is 1. The summed E-state index contributed by atoms with van der Waals surface area (Å²) in [5.74, 6) is 0.603. The Kier molecular flexibility index (Phi) is 5.13. The van der Waals surface area contributed by atoms with Crippen LogP contribution in [0, 0.1) is 13.8 Å². The van der Waals surface area contributed by atoms with Crippen molar-refractivity contribution in [1.82, 2.24) is 19.5 Å². The van der Waals surface area contributed by atoms with E-state index in [0.29, 0.717) is 28.4 Å². The van der Waals surface area contributed by atoms with E-state index in [4.69, 9.17) is 21.1 Å². The molecule has 0 radical (unpaired) electrons. The number of benzene rings is 2. The largest absolute Gasteiger partial charge is 0.465 e. The zero-order valence-electron chi connectivity index (χ0n) is 16.9. The molecule has 2 aromatic carbocycles. The predicted octanol–water partition coefficient (Wildman–Crippen LogP) is 4.88. The lowest BCUT2D eigenvalue weighted by molar-refractivity contribution is 0.0600. The van der Waals surface area contributed by atoms with Gasteiger partial charge in [-0.15, -0.1) is 0 Å². The third-order valence-corrected chi connectivity index (χ3v) is 5.02.